The van der Waals surface area contributed by atoms with Crippen LogP contribution in [0, 0.1) is 0 Å². The van der Waals surface area contributed by atoms with Crippen molar-refractivity contribution in [3.05, 3.63) is 35.4 Å². The Kier molecular flexibility index (Phi) is 3.44. The van der Waals surface area contributed by atoms with Crippen LogP contribution in [0.15, 0.2) is 24.3 Å². The van der Waals surface area contributed by atoms with Crippen LogP contribution < -0.4 is 0 Å². The van der Waals surface area contributed by atoms with E-state index in [1.54, 1.807) is 0 Å². The monoisotopic (exact) mass is 272 g/mol. The fourth-order valence-corrected chi connectivity index (χ4v) is 1.40. The third-order valence-electron chi connectivity index (χ3n) is 2.30. The molecular weight excluding hydrogens is 266 g/mol. The molecule has 0 spiro atoms. The van der Waals surface area contributed by atoms with E-state index in [1.807, 2.05) is 0 Å². The highest BCUT2D eigenvalue weighted by atomic mass is 19.4. The molecule has 1 aromatic carbocycles. The van der Waals surface area contributed by atoms with Gasteiger partial charge in [0.15, 0.2) is 0 Å². The minimum atomic E-state index is -6.00. The predicted octanol–water partition coefficient (Wildman–Crippen LogP) is 2.81. The van der Waals surface area contributed by atoms with E-state index in [1.165, 1.54) is 0 Å². The number of rotatable bonds is 2. The van der Waals surface area contributed by atoms with Crippen molar-refractivity contribution in [2.24, 2.45) is 0 Å². The van der Waals surface area contributed by atoms with Gasteiger partial charge in [0.05, 0.1) is 0 Å². The van der Waals surface area contributed by atoms with Gasteiger partial charge in [-0.25, -0.2) is 0 Å². The van der Waals surface area contributed by atoms with Gasteiger partial charge in [0, 0.05) is 11.1 Å². The Morgan fingerprint density at radius 1 is 0.944 bits per heavy atom. The summed E-state index contributed by atoms with van der Waals surface area (Å²) in [6, 6.07) is 3.11. The van der Waals surface area contributed by atoms with Gasteiger partial charge in [0.25, 0.3) is 5.60 Å². The summed E-state index contributed by atoms with van der Waals surface area (Å²) in [7, 11) is 0. The number of benzene rings is 1. The quantitative estimate of drug-likeness (QED) is 0.664. The Morgan fingerprint density at radius 2 is 1.39 bits per heavy atom. The Bertz CT molecular complexity index is 434. The van der Waals surface area contributed by atoms with E-state index in [0.717, 1.165) is 18.2 Å². The standard InChI is InChI=1S/C10H6F6O2/c11-9(12,13)8(18,10(14,15)16)7-4-2-1-3-6(7)5-17/h1-5,18H. The molecular formula is C10H6F6O2. The van der Waals surface area contributed by atoms with Gasteiger partial charge in [-0.05, 0) is 0 Å². The molecule has 0 atom stereocenters. The lowest BCUT2D eigenvalue weighted by Gasteiger charge is -2.33. The van der Waals surface area contributed by atoms with Crippen LogP contribution in [0.2, 0.25) is 0 Å². The van der Waals surface area contributed by atoms with E-state index >= 15 is 0 Å². The first kappa shape index (κ1) is 14.5. The molecule has 0 aliphatic rings. The number of aldehydes is 1. The Labute approximate surface area is 96.8 Å². The molecule has 2 nitrogen and oxygen atoms in total. The molecule has 1 aromatic rings. The molecule has 0 radical (unpaired) electrons. The molecule has 100 valence electrons. The molecule has 0 unspecified atom stereocenters. The zero-order valence-electron chi connectivity index (χ0n) is 8.51. The van der Waals surface area contributed by atoms with E-state index in [2.05, 4.69) is 0 Å². The second-order valence-corrected chi connectivity index (χ2v) is 3.41. The maximum Gasteiger partial charge on any atom is 0.430 e. The highest BCUT2D eigenvalue weighted by Crippen LogP contribution is 2.50. The maximum atomic E-state index is 12.5. The number of carbonyl (C=O) groups excluding carboxylic acids is 1. The summed E-state index contributed by atoms with van der Waals surface area (Å²) < 4.78 is 75.1. The van der Waals surface area contributed by atoms with Crippen molar-refractivity contribution in [1.29, 1.82) is 0 Å². The highest BCUT2D eigenvalue weighted by molar-refractivity contribution is 5.78. The Hall–Kier alpha value is -1.57. The molecule has 0 aliphatic heterocycles. The van der Waals surface area contributed by atoms with Crippen molar-refractivity contribution in [2.75, 3.05) is 0 Å². The summed E-state index contributed by atoms with van der Waals surface area (Å²) in [6.07, 6.45) is -12.2. The summed E-state index contributed by atoms with van der Waals surface area (Å²) in [5, 5.41) is 9.06. The van der Waals surface area contributed by atoms with Gasteiger partial charge >= 0.3 is 12.4 Å². The molecule has 0 aromatic heterocycles. The molecule has 0 saturated carbocycles. The van der Waals surface area contributed by atoms with Gasteiger partial charge in [0.1, 0.15) is 6.29 Å². The first-order chi connectivity index (χ1) is 8.05. The first-order valence-electron chi connectivity index (χ1n) is 4.46. The van der Waals surface area contributed by atoms with E-state index in [9.17, 15) is 31.1 Å². The minimum Gasteiger partial charge on any atom is -0.369 e. The molecule has 0 fully saturated rings. The maximum absolute atomic E-state index is 12.5. The van der Waals surface area contributed by atoms with Crippen molar-refractivity contribution < 1.29 is 36.2 Å². The van der Waals surface area contributed by atoms with Crippen LogP contribution in [0.4, 0.5) is 26.3 Å². The largest absolute Gasteiger partial charge is 0.430 e. The van der Waals surface area contributed by atoms with Gasteiger partial charge in [-0.15, -0.1) is 0 Å². The zero-order chi connectivity index (χ0) is 14.2. The second kappa shape index (κ2) is 4.27. The molecule has 0 saturated heterocycles. The van der Waals surface area contributed by atoms with E-state index < -0.39 is 29.1 Å². The van der Waals surface area contributed by atoms with Crippen molar-refractivity contribution in [3.63, 3.8) is 0 Å². The minimum absolute atomic E-state index is 0.183. The Balaban J connectivity index is 3.61. The van der Waals surface area contributed by atoms with Crippen molar-refractivity contribution in [2.45, 2.75) is 18.0 Å². The molecule has 1 rings (SSSR count). The molecule has 8 heteroatoms. The zero-order valence-corrected chi connectivity index (χ0v) is 8.51. The lowest BCUT2D eigenvalue weighted by Crippen LogP contribution is -2.54. The van der Waals surface area contributed by atoms with Crippen molar-refractivity contribution in [1.82, 2.24) is 0 Å². The third kappa shape index (κ3) is 2.07. The lowest BCUT2D eigenvalue weighted by molar-refractivity contribution is -0.376. The van der Waals surface area contributed by atoms with Crippen molar-refractivity contribution in [3.8, 4) is 0 Å². The highest BCUT2D eigenvalue weighted by Gasteiger charge is 2.71. The predicted molar refractivity (Wildman–Crippen MR) is 47.8 cm³/mol. The summed E-state index contributed by atoms with van der Waals surface area (Å²) >= 11 is 0. The molecule has 0 bridgehead atoms. The van der Waals surface area contributed by atoms with E-state index in [4.69, 9.17) is 5.11 Å². The van der Waals surface area contributed by atoms with Crippen LogP contribution in [-0.4, -0.2) is 23.7 Å². The van der Waals surface area contributed by atoms with Crippen LogP contribution in [-0.2, 0) is 5.60 Å². The van der Waals surface area contributed by atoms with Crippen LogP contribution >= 0.6 is 0 Å². The molecule has 0 amide bonds. The van der Waals surface area contributed by atoms with Gasteiger partial charge in [0.2, 0.25) is 0 Å². The average molecular weight is 272 g/mol. The average Bonchev–Trinajstić information content (AvgIpc) is 2.24. The van der Waals surface area contributed by atoms with Crippen LogP contribution in [0.1, 0.15) is 15.9 Å². The number of alkyl halides is 6. The number of hydrogen-bond acceptors (Lipinski definition) is 2. The lowest BCUT2D eigenvalue weighted by atomic mass is 9.89. The summed E-state index contributed by atoms with van der Waals surface area (Å²) in [5.74, 6) is 0. The number of carbonyl (C=O) groups is 1. The first-order valence-corrected chi connectivity index (χ1v) is 4.46. The fourth-order valence-electron chi connectivity index (χ4n) is 1.40. The fraction of sp³-hybridized carbons (Fsp3) is 0.300. The van der Waals surface area contributed by atoms with Crippen LogP contribution in [0.3, 0.4) is 0 Å². The summed E-state index contributed by atoms with van der Waals surface area (Å²) in [5.41, 5.74) is -7.49. The van der Waals surface area contributed by atoms with E-state index in [-0.39, 0.29) is 6.29 Å². The van der Waals surface area contributed by atoms with Gasteiger partial charge in [-0.2, -0.15) is 26.3 Å². The molecule has 1 N–H and O–H groups in total. The Morgan fingerprint density at radius 3 is 1.78 bits per heavy atom. The van der Waals surface area contributed by atoms with Crippen LogP contribution in [0.25, 0.3) is 0 Å². The van der Waals surface area contributed by atoms with E-state index in [0.29, 0.717) is 6.07 Å². The van der Waals surface area contributed by atoms with Gasteiger partial charge in [-0.1, -0.05) is 24.3 Å². The van der Waals surface area contributed by atoms with Crippen LogP contribution in [0.5, 0.6) is 0 Å². The molecule has 0 aliphatic carbocycles. The second-order valence-electron chi connectivity index (χ2n) is 3.41. The van der Waals surface area contributed by atoms with Gasteiger partial charge in [-0.3, -0.25) is 4.79 Å². The number of halogens is 6. The third-order valence-corrected chi connectivity index (χ3v) is 2.30. The normalized spacial score (nSPS) is 13.5. The summed E-state index contributed by atoms with van der Waals surface area (Å²) in [6.45, 7) is 0. The summed E-state index contributed by atoms with van der Waals surface area (Å²) in [4.78, 5) is 10.5. The number of aliphatic hydroxyl groups is 1. The molecule has 0 heterocycles. The SMILES string of the molecule is O=Cc1ccccc1C(O)(C(F)(F)F)C(F)(F)F. The van der Waals surface area contributed by atoms with Gasteiger partial charge < -0.3 is 5.11 Å². The topological polar surface area (TPSA) is 37.3 Å². The smallest absolute Gasteiger partial charge is 0.369 e. The number of hydrogen-bond donors (Lipinski definition) is 1. The van der Waals surface area contributed by atoms with Crippen molar-refractivity contribution >= 4 is 6.29 Å². The molecule has 18 heavy (non-hydrogen) atoms.